The molecule has 6 nitrogen and oxygen atoms in total. The summed E-state index contributed by atoms with van der Waals surface area (Å²) in [5, 5.41) is 0. The first-order valence-electron chi connectivity index (χ1n) is 31.7. The third-order valence-electron chi connectivity index (χ3n) is 13.5. The summed E-state index contributed by atoms with van der Waals surface area (Å²) in [5.41, 5.74) is 0. The molecule has 0 aromatic rings. The van der Waals surface area contributed by atoms with Crippen LogP contribution in [0.1, 0.15) is 303 Å². The topological polar surface area (TPSA) is 78.9 Å². The Hall–Kier alpha value is -3.67. The van der Waals surface area contributed by atoms with Crippen LogP contribution in [0.4, 0.5) is 0 Å². The van der Waals surface area contributed by atoms with Crippen molar-refractivity contribution in [3.8, 4) is 0 Å². The molecule has 0 spiro atoms. The summed E-state index contributed by atoms with van der Waals surface area (Å²) in [4.78, 5) is 38.3. The Labute approximate surface area is 464 Å². The molecule has 0 N–H and O–H groups in total. The first kappa shape index (κ1) is 71.3. The minimum Gasteiger partial charge on any atom is -0.462 e. The van der Waals surface area contributed by atoms with E-state index in [2.05, 4.69) is 118 Å². The fourth-order valence-electron chi connectivity index (χ4n) is 8.79. The van der Waals surface area contributed by atoms with Crippen molar-refractivity contribution < 1.29 is 28.6 Å². The lowest BCUT2D eigenvalue weighted by Gasteiger charge is -2.18. The molecule has 0 aromatic heterocycles. The fraction of sp³-hybridized carbons (Fsp3) is 0.725. The Balaban J connectivity index is 4.37. The van der Waals surface area contributed by atoms with Crippen molar-refractivity contribution in [1.29, 1.82) is 0 Å². The SMILES string of the molecule is CC/C=C\C/C=C\C/C=C\C/C=C\C/C=C\C/C=C\CCCCCCCCC(=O)OCC(COC(=O)CCCCCCC/C=C\CCCCCC)OC(=O)CCCCCCCCCCC/C=C\CCCCCCCC. The maximum absolute atomic E-state index is 12.9. The van der Waals surface area contributed by atoms with E-state index in [1.807, 2.05) is 0 Å². The number of ether oxygens (including phenoxy) is 3. The molecule has 1 unspecified atom stereocenters. The van der Waals surface area contributed by atoms with E-state index in [0.717, 1.165) is 116 Å². The molecule has 0 fully saturated rings. The summed E-state index contributed by atoms with van der Waals surface area (Å²) < 4.78 is 16.9. The average Bonchev–Trinajstić information content (AvgIpc) is 3.41. The molecular weight excluding hydrogens is 925 g/mol. The predicted octanol–water partition coefficient (Wildman–Crippen LogP) is 21.7. The van der Waals surface area contributed by atoms with Gasteiger partial charge in [-0.15, -0.1) is 0 Å². The summed E-state index contributed by atoms with van der Waals surface area (Å²) in [7, 11) is 0. The Morgan fingerprint density at radius 3 is 0.840 bits per heavy atom. The Kier molecular flexibility index (Phi) is 59.8. The third kappa shape index (κ3) is 61.1. The van der Waals surface area contributed by atoms with Crippen molar-refractivity contribution in [2.45, 2.75) is 309 Å². The quantitative estimate of drug-likeness (QED) is 0.0261. The van der Waals surface area contributed by atoms with Crippen molar-refractivity contribution >= 4 is 17.9 Å². The van der Waals surface area contributed by atoms with Gasteiger partial charge in [-0.1, -0.05) is 259 Å². The van der Waals surface area contributed by atoms with Gasteiger partial charge in [-0.2, -0.15) is 0 Å². The maximum atomic E-state index is 12.9. The van der Waals surface area contributed by atoms with E-state index in [1.54, 1.807) is 0 Å². The van der Waals surface area contributed by atoms with E-state index >= 15 is 0 Å². The van der Waals surface area contributed by atoms with E-state index in [4.69, 9.17) is 14.2 Å². The van der Waals surface area contributed by atoms with E-state index in [1.165, 1.54) is 148 Å². The lowest BCUT2D eigenvalue weighted by Crippen LogP contribution is -2.30. The largest absolute Gasteiger partial charge is 0.462 e. The van der Waals surface area contributed by atoms with Crippen molar-refractivity contribution in [1.82, 2.24) is 0 Å². The minimum atomic E-state index is -0.790. The van der Waals surface area contributed by atoms with Gasteiger partial charge in [-0.05, 0) is 122 Å². The second-order valence-corrected chi connectivity index (χ2v) is 20.9. The minimum absolute atomic E-state index is 0.0866. The molecule has 0 rings (SSSR count). The standard InChI is InChI=1S/C69H118O6/c1-4-7-10-13-16-19-22-25-27-29-31-32-33-34-35-36-38-39-41-44-47-50-53-56-59-62-68(71)74-65-66(64-73-67(70)61-58-55-52-49-46-43-24-21-18-15-12-9-6-3)75-69(72)63-60-57-54-51-48-45-42-40-37-30-28-26-23-20-17-14-11-8-5-2/h7,10,16,19,21,24-28,31-32,34-35,38-39,66H,4-6,8-9,11-15,17-18,20,22-23,29-30,33,36-37,40-65H2,1-3H3/b10-7-,19-16-,24-21-,27-25-,28-26-,32-31-,35-34-,39-38-. The first-order chi connectivity index (χ1) is 37.0. The molecular formula is C69H118O6. The van der Waals surface area contributed by atoms with Crippen molar-refractivity contribution in [2.24, 2.45) is 0 Å². The number of allylic oxidation sites excluding steroid dienone is 16. The van der Waals surface area contributed by atoms with Crippen LogP contribution in [0, 0.1) is 0 Å². The Morgan fingerprint density at radius 2 is 0.520 bits per heavy atom. The number of carbonyl (C=O) groups is 3. The van der Waals surface area contributed by atoms with Crippen LogP contribution < -0.4 is 0 Å². The molecule has 430 valence electrons. The Morgan fingerprint density at radius 1 is 0.280 bits per heavy atom. The highest BCUT2D eigenvalue weighted by Gasteiger charge is 2.19. The van der Waals surface area contributed by atoms with Gasteiger partial charge in [0, 0.05) is 19.3 Å². The number of hydrogen-bond donors (Lipinski definition) is 0. The average molecular weight is 1040 g/mol. The molecule has 0 radical (unpaired) electrons. The second-order valence-electron chi connectivity index (χ2n) is 20.9. The van der Waals surface area contributed by atoms with Crippen LogP contribution in [0.25, 0.3) is 0 Å². The zero-order valence-electron chi connectivity index (χ0n) is 49.3. The number of rotatable bonds is 57. The molecule has 0 aliphatic heterocycles. The van der Waals surface area contributed by atoms with Gasteiger partial charge in [0.1, 0.15) is 13.2 Å². The molecule has 0 saturated heterocycles. The molecule has 75 heavy (non-hydrogen) atoms. The molecule has 0 aliphatic rings. The summed E-state index contributed by atoms with van der Waals surface area (Å²) >= 11 is 0. The number of unbranched alkanes of at least 4 members (excludes halogenated alkanes) is 30. The van der Waals surface area contributed by atoms with Crippen LogP contribution in [0.5, 0.6) is 0 Å². The highest BCUT2D eigenvalue weighted by Crippen LogP contribution is 2.15. The van der Waals surface area contributed by atoms with E-state index < -0.39 is 6.10 Å². The highest BCUT2D eigenvalue weighted by atomic mass is 16.6. The zero-order valence-corrected chi connectivity index (χ0v) is 49.3. The van der Waals surface area contributed by atoms with Crippen LogP contribution >= 0.6 is 0 Å². The zero-order chi connectivity index (χ0) is 54.3. The van der Waals surface area contributed by atoms with Crippen LogP contribution in [-0.2, 0) is 28.6 Å². The highest BCUT2D eigenvalue weighted by molar-refractivity contribution is 5.71. The molecule has 0 aliphatic carbocycles. The molecule has 1 atom stereocenters. The summed E-state index contributed by atoms with van der Waals surface area (Å²) in [6.45, 7) is 6.51. The molecule has 0 amide bonds. The van der Waals surface area contributed by atoms with Crippen LogP contribution in [0.15, 0.2) is 97.2 Å². The first-order valence-corrected chi connectivity index (χ1v) is 31.7. The molecule has 0 bridgehead atoms. The monoisotopic (exact) mass is 1040 g/mol. The van der Waals surface area contributed by atoms with Gasteiger partial charge >= 0.3 is 17.9 Å². The summed E-state index contributed by atoms with van der Waals surface area (Å²) in [6.07, 6.45) is 84.0. The van der Waals surface area contributed by atoms with Crippen molar-refractivity contribution in [3.63, 3.8) is 0 Å². The van der Waals surface area contributed by atoms with Crippen molar-refractivity contribution in [2.75, 3.05) is 13.2 Å². The molecule has 0 heterocycles. The van der Waals surface area contributed by atoms with E-state index in [0.29, 0.717) is 19.3 Å². The number of esters is 3. The van der Waals surface area contributed by atoms with Gasteiger partial charge < -0.3 is 14.2 Å². The third-order valence-corrected chi connectivity index (χ3v) is 13.5. The molecule has 6 heteroatoms. The van der Waals surface area contributed by atoms with Gasteiger partial charge in [0.15, 0.2) is 6.10 Å². The van der Waals surface area contributed by atoms with Crippen molar-refractivity contribution in [3.05, 3.63) is 97.2 Å². The van der Waals surface area contributed by atoms with Crippen LogP contribution in [0.2, 0.25) is 0 Å². The Bertz CT molecular complexity index is 1480. The van der Waals surface area contributed by atoms with Gasteiger partial charge in [-0.3, -0.25) is 14.4 Å². The van der Waals surface area contributed by atoms with Gasteiger partial charge in [0.2, 0.25) is 0 Å². The second kappa shape index (κ2) is 62.9. The molecule has 0 aromatic carbocycles. The lowest BCUT2D eigenvalue weighted by atomic mass is 10.1. The van der Waals surface area contributed by atoms with Gasteiger partial charge in [0.05, 0.1) is 0 Å². The van der Waals surface area contributed by atoms with Gasteiger partial charge in [0.25, 0.3) is 0 Å². The molecule has 0 saturated carbocycles. The fourth-order valence-corrected chi connectivity index (χ4v) is 8.79. The van der Waals surface area contributed by atoms with Crippen LogP contribution in [0.3, 0.4) is 0 Å². The maximum Gasteiger partial charge on any atom is 0.306 e. The summed E-state index contributed by atoms with van der Waals surface area (Å²) in [5.74, 6) is -0.903. The predicted molar refractivity (Wildman–Crippen MR) is 325 cm³/mol. The smallest absolute Gasteiger partial charge is 0.306 e. The number of carbonyl (C=O) groups excluding carboxylic acids is 3. The summed E-state index contributed by atoms with van der Waals surface area (Å²) in [6, 6.07) is 0. The lowest BCUT2D eigenvalue weighted by molar-refractivity contribution is -0.167. The van der Waals surface area contributed by atoms with E-state index in [9.17, 15) is 14.4 Å². The van der Waals surface area contributed by atoms with Crippen LogP contribution in [-0.4, -0.2) is 37.2 Å². The number of hydrogen-bond acceptors (Lipinski definition) is 6. The van der Waals surface area contributed by atoms with Gasteiger partial charge in [-0.25, -0.2) is 0 Å². The van der Waals surface area contributed by atoms with E-state index in [-0.39, 0.29) is 31.1 Å². The normalized spacial score (nSPS) is 12.7.